The van der Waals surface area contributed by atoms with Crippen molar-refractivity contribution in [2.45, 2.75) is 86.4 Å². The quantitative estimate of drug-likeness (QED) is 0.473. The summed E-state index contributed by atoms with van der Waals surface area (Å²) in [5.74, 6) is -0.228. The van der Waals surface area contributed by atoms with Crippen molar-refractivity contribution in [1.82, 2.24) is 9.47 Å². The molecule has 0 saturated heterocycles. The Balaban J connectivity index is 2.42. The van der Waals surface area contributed by atoms with Crippen LogP contribution in [0.1, 0.15) is 86.0 Å². The van der Waals surface area contributed by atoms with Crippen LogP contribution in [0.5, 0.6) is 0 Å². The number of carbonyl (C=O) groups is 3. The van der Waals surface area contributed by atoms with Crippen molar-refractivity contribution in [2.75, 3.05) is 6.61 Å². The largest absolute Gasteiger partial charge is 0.461 e. The van der Waals surface area contributed by atoms with E-state index in [1.54, 1.807) is 18.7 Å². The summed E-state index contributed by atoms with van der Waals surface area (Å²) in [6.07, 6.45) is 2.34. The average Bonchev–Trinajstić information content (AvgIpc) is 3.39. The van der Waals surface area contributed by atoms with Gasteiger partial charge < -0.3 is 14.2 Å². The predicted octanol–water partition coefficient (Wildman–Crippen LogP) is 3.91. The number of hydrogen-bond acceptors (Lipinski definition) is 4. The lowest BCUT2D eigenvalue weighted by Gasteiger charge is -2.29. The molecule has 0 N–H and O–H groups in total. The van der Waals surface area contributed by atoms with Crippen LogP contribution in [0.4, 0.5) is 0 Å². The fourth-order valence-electron chi connectivity index (χ4n) is 3.99. The maximum Gasteiger partial charge on any atom is 0.355 e. The molecular formula is C22H34N2O4. The second kappa shape index (κ2) is 8.93. The minimum absolute atomic E-state index is 0.0363. The predicted molar refractivity (Wildman–Crippen MR) is 109 cm³/mol. The van der Waals surface area contributed by atoms with E-state index >= 15 is 0 Å². The molecule has 1 aliphatic carbocycles. The summed E-state index contributed by atoms with van der Waals surface area (Å²) in [7, 11) is 0. The number of Topliss-reactive ketones (excluding diaryl/α,β-unsaturated/α-hetero) is 1. The Bertz CT molecular complexity index is 759. The highest BCUT2D eigenvalue weighted by Crippen LogP contribution is 2.32. The molecule has 1 aliphatic rings. The zero-order valence-electron chi connectivity index (χ0n) is 18.3. The van der Waals surface area contributed by atoms with E-state index in [0.717, 1.165) is 18.5 Å². The van der Waals surface area contributed by atoms with Gasteiger partial charge in [-0.2, -0.15) is 0 Å². The monoisotopic (exact) mass is 390 g/mol. The third kappa shape index (κ3) is 4.31. The average molecular weight is 391 g/mol. The van der Waals surface area contributed by atoms with Crippen molar-refractivity contribution < 1.29 is 19.1 Å². The Morgan fingerprint density at radius 2 is 1.75 bits per heavy atom. The Labute approximate surface area is 168 Å². The lowest BCUT2D eigenvalue weighted by Crippen LogP contribution is -2.45. The lowest BCUT2D eigenvalue weighted by molar-refractivity contribution is -0.133. The van der Waals surface area contributed by atoms with Gasteiger partial charge >= 0.3 is 5.97 Å². The maximum absolute atomic E-state index is 13.5. The molecule has 1 aromatic rings. The van der Waals surface area contributed by atoms with Gasteiger partial charge in [0.2, 0.25) is 5.91 Å². The molecule has 2 rings (SSSR count). The van der Waals surface area contributed by atoms with Crippen molar-refractivity contribution in [3.8, 4) is 0 Å². The summed E-state index contributed by atoms with van der Waals surface area (Å²) in [5, 5.41) is 0. The number of ether oxygens (including phenoxy) is 1. The molecule has 1 unspecified atom stereocenters. The number of amides is 1. The Morgan fingerprint density at radius 3 is 2.21 bits per heavy atom. The minimum Gasteiger partial charge on any atom is -0.461 e. The van der Waals surface area contributed by atoms with Gasteiger partial charge in [-0.1, -0.05) is 13.8 Å². The second-order valence-corrected chi connectivity index (χ2v) is 8.07. The van der Waals surface area contributed by atoms with Crippen LogP contribution in [0.15, 0.2) is 0 Å². The highest BCUT2D eigenvalue weighted by molar-refractivity contribution is 6.06. The molecule has 6 nitrogen and oxygen atoms in total. The molecule has 0 aliphatic heterocycles. The van der Waals surface area contributed by atoms with Gasteiger partial charge in [0, 0.05) is 30.3 Å². The lowest BCUT2D eigenvalue weighted by atomic mass is 9.99. The van der Waals surface area contributed by atoms with E-state index in [9.17, 15) is 14.4 Å². The smallest absolute Gasteiger partial charge is 0.355 e. The van der Waals surface area contributed by atoms with E-state index in [1.165, 1.54) is 0 Å². The fourth-order valence-corrected chi connectivity index (χ4v) is 3.99. The van der Waals surface area contributed by atoms with Crippen molar-refractivity contribution in [1.29, 1.82) is 0 Å². The van der Waals surface area contributed by atoms with Crippen molar-refractivity contribution in [2.24, 2.45) is 5.92 Å². The Morgan fingerprint density at radius 1 is 1.14 bits per heavy atom. The summed E-state index contributed by atoms with van der Waals surface area (Å²) in [4.78, 5) is 40.5. The first-order chi connectivity index (χ1) is 13.1. The second-order valence-electron chi connectivity index (χ2n) is 8.07. The van der Waals surface area contributed by atoms with Gasteiger partial charge in [-0.15, -0.1) is 0 Å². The number of rotatable bonds is 9. The first kappa shape index (κ1) is 22.2. The molecule has 6 heteroatoms. The van der Waals surface area contributed by atoms with Crippen LogP contribution in [0.2, 0.25) is 0 Å². The molecule has 28 heavy (non-hydrogen) atoms. The van der Waals surface area contributed by atoms with Crippen LogP contribution in [0.3, 0.4) is 0 Å². The van der Waals surface area contributed by atoms with Crippen LogP contribution in [-0.2, 0) is 16.1 Å². The molecule has 0 spiro atoms. The zero-order valence-corrected chi connectivity index (χ0v) is 18.3. The number of esters is 1. The first-order valence-electron chi connectivity index (χ1n) is 10.4. The summed E-state index contributed by atoms with van der Waals surface area (Å²) in [6.45, 7) is 14.0. The highest BCUT2D eigenvalue weighted by Gasteiger charge is 2.40. The van der Waals surface area contributed by atoms with E-state index in [0.29, 0.717) is 29.8 Å². The number of ketones is 1. The summed E-state index contributed by atoms with van der Waals surface area (Å²) >= 11 is 0. The van der Waals surface area contributed by atoms with Gasteiger partial charge in [0.25, 0.3) is 0 Å². The Kier molecular flexibility index (Phi) is 7.07. The molecule has 1 fully saturated rings. The molecule has 0 radical (unpaired) electrons. The van der Waals surface area contributed by atoms with E-state index in [-0.39, 0.29) is 30.3 Å². The molecule has 1 heterocycles. The SMILES string of the molecule is CCOC(=O)c1c(C)c(C(=O)C(C)N(C(=O)CC(C)C)C2CC2)c(C)n1CC. The van der Waals surface area contributed by atoms with E-state index in [2.05, 4.69) is 0 Å². The van der Waals surface area contributed by atoms with Crippen molar-refractivity contribution >= 4 is 17.7 Å². The van der Waals surface area contributed by atoms with Gasteiger partial charge in [0.05, 0.1) is 12.6 Å². The summed E-state index contributed by atoms with van der Waals surface area (Å²) in [5.41, 5.74) is 2.37. The molecule has 156 valence electrons. The van der Waals surface area contributed by atoms with Crippen LogP contribution in [0.25, 0.3) is 0 Å². The maximum atomic E-state index is 13.5. The minimum atomic E-state index is -0.543. The van der Waals surface area contributed by atoms with Crippen molar-refractivity contribution in [3.63, 3.8) is 0 Å². The van der Waals surface area contributed by atoms with Crippen LogP contribution >= 0.6 is 0 Å². The zero-order chi connectivity index (χ0) is 21.2. The standard InChI is InChI=1S/C22H34N2O4/c1-8-23-15(6)19(14(5)20(23)22(27)28-9-2)21(26)16(7)24(17-10-11-17)18(25)12-13(3)4/h13,16-17H,8-12H2,1-7H3. The van der Waals surface area contributed by atoms with Crippen LogP contribution in [-0.4, -0.2) is 45.8 Å². The van der Waals surface area contributed by atoms with Crippen LogP contribution in [0, 0.1) is 19.8 Å². The van der Waals surface area contributed by atoms with E-state index in [4.69, 9.17) is 4.74 Å². The topological polar surface area (TPSA) is 68.6 Å². The first-order valence-corrected chi connectivity index (χ1v) is 10.4. The van der Waals surface area contributed by atoms with Gasteiger partial charge in [-0.3, -0.25) is 9.59 Å². The number of nitrogens with zero attached hydrogens (tertiary/aromatic N) is 2. The fraction of sp³-hybridized carbons (Fsp3) is 0.682. The van der Waals surface area contributed by atoms with Gasteiger partial charge in [-0.25, -0.2) is 4.79 Å². The van der Waals surface area contributed by atoms with Gasteiger partial charge in [-0.05, 0) is 58.9 Å². The van der Waals surface area contributed by atoms with Crippen LogP contribution < -0.4 is 0 Å². The summed E-state index contributed by atoms with van der Waals surface area (Å²) in [6, 6.07) is -0.387. The summed E-state index contributed by atoms with van der Waals surface area (Å²) < 4.78 is 7.04. The van der Waals surface area contributed by atoms with Crippen molar-refractivity contribution in [3.05, 3.63) is 22.5 Å². The normalized spacial score (nSPS) is 14.9. The molecule has 1 atom stereocenters. The molecular weight excluding hydrogens is 356 g/mol. The number of hydrogen-bond donors (Lipinski definition) is 0. The number of carbonyl (C=O) groups excluding carboxylic acids is 3. The van der Waals surface area contributed by atoms with E-state index in [1.807, 2.05) is 39.2 Å². The van der Waals surface area contributed by atoms with E-state index < -0.39 is 12.0 Å². The highest BCUT2D eigenvalue weighted by atomic mass is 16.5. The third-order valence-electron chi connectivity index (χ3n) is 5.41. The number of aromatic nitrogens is 1. The molecule has 0 aromatic carbocycles. The molecule has 1 saturated carbocycles. The Hall–Kier alpha value is -2.11. The molecule has 0 bridgehead atoms. The third-order valence-corrected chi connectivity index (χ3v) is 5.41. The molecule has 1 amide bonds. The molecule has 1 aromatic heterocycles. The van der Waals surface area contributed by atoms with Gasteiger partial charge in [0.1, 0.15) is 5.69 Å². The van der Waals surface area contributed by atoms with Gasteiger partial charge in [0.15, 0.2) is 5.78 Å².